The van der Waals surface area contributed by atoms with Gasteiger partial charge in [0, 0.05) is 10.3 Å². The molecule has 0 aliphatic rings. The summed E-state index contributed by atoms with van der Waals surface area (Å²) in [7, 11) is 0. The van der Waals surface area contributed by atoms with Gasteiger partial charge in [-0.25, -0.2) is 0 Å². The third-order valence-corrected chi connectivity index (χ3v) is 0.724. The van der Waals surface area contributed by atoms with E-state index in [0.717, 1.165) is 0 Å². The van der Waals surface area contributed by atoms with Crippen LogP contribution < -0.4 is 0 Å². The smallest absolute Gasteiger partial charge is 0.134 e. The standard InChI is InChI=1S/C6H7NO/c1-5-2-6(8)4-7-3-5/h2-4,8H,1H3/i1D3. The van der Waals surface area contributed by atoms with Crippen LogP contribution in [-0.2, 0) is 0 Å². The van der Waals surface area contributed by atoms with Crippen LogP contribution in [0.25, 0.3) is 0 Å². The maximum Gasteiger partial charge on any atom is 0.134 e. The number of rotatable bonds is 0. The summed E-state index contributed by atoms with van der Waals surface area (Å²) in [5.41, 5.74) is 0.0532. The highest BCUT2D eigenvalue weighted by atomic mass is 16.3. The molecule has 0 unspecified atom stereocenters. The van der Waals surface area contributed by atoms with Crippen LogP contribution in [0, 0.1) is 6.85 Å². The molecule has 0 saturated carbocycles. The van der Waals surface area contributed by atoms with E-state index < -0.39 is 6.85 Å². The molecule has 42 valence electrons. The van der Waals surface area contributed by atoms with Crippen molar-refractivity contribution in [3.05, 3.63) is 24.0 Å². The second-order valence-corrected chi connectivity index (χ2v) is 1.43. The van der Waals surface area contributed by atoms with Crippen LogP contribution in [-0.4, -0.2) is 10.1 Å². The lowest BCUT2D eigenvalue weighted by Crippen LogP contribution is -1.72. The summed E-state index contributed by atoms with van der Waals surface area (Å²) in [5, 5.41) is 8.86. The van der Waals surface area contributed by atoms with Gasteiger partial charge < -0.3 is 5.11 Å². The van der Waals surface area contributed by atoms with Gasteiger partial charge in [0.2, 0.25) is 0 Å². The molecule has 1 aromatic rings. The average Bonchev–Trinajstić information content (AvgIpc) is 1.86. The molecular formula is C6H7NO. The van der Waals surface area contributed by atoms with Gasteiger partial charge in [0.25, 0.3) is 0 Å². The Bertz CT molecular complexity index is 258. The second kappa shape index (κ2) is 1.82. The van der Waals surface area contributed by atoms with Gasteiger partial charge in [-0.2, -0.15) is 0 Å². The van der Waals surface area contributed by atoms with Crippen molar-refractivity contribution in [2.45, 2.75) is 6.85 Å². The van der Waals surface area contributed by atoms with Crippen LogP contribution in [0.15, 0.2) is 18.5 Å². The lowest BCUT2D eigenvalue weighted by molar-refractivity contribution is 0.472. The van der Waals surface area contributed by atoms with Crippen molar-refractivity contribution in [1.82, 2.24) is 4.98 Å². The fraction of sp³-hybridized carbons (Fsp3) is 0.167. The SMILES string of the molecule is [2H]C([2H])([2H])c1cncc(O)c1. The maximum atomic E-state index is 8.86. The van der Waals surface area contributed by atoms with Gasteiger partial charge in [-0.05, 0) is 18.5 Å². The molecule has 2 nitrogen and oxygen atoms in total. The minimum absolute atomic E-state index is 0.0532. The van der Waals surface area contributed by atoms with Crippen molar-refractivity contribution >= 4 is 0 Å². The Balaban J connectivity index is 3.06. The molecule has 0 radical (unpaired) electrons. The molecule has 1 aromatic heterocycles. The van der Waals surface area contributed by atoms with Crippen LogP contribution in [0.3, 0.4) is 0 Å². The molecule has 0 bridgehead atoms. The zero-order chi connectivity index (χ0) is 8.48. The number of pyridine rings is 1. The molecule has 0 aliphatic carbocycles. The Morgan fingerprint density at radius 1 is 1.75 bits per heavy atom. The van der Waals surface area contributed by atoms with E-state index in [-0.39, 0.29) is 11.3 Å². The van der Waals surface area contributed by atoms with Gasteiger partial charge in [0.05, 0.1) is 6.20 Å². The lowest BCUT2D eigenvalue weighted by atomic mass is 10.3. The van der Waals surface area contributed by atoms with E-state index in [1.165, 1.54) is 18.5 Å². The summed E-state index contributed by atoms with van der Waals surface area (Å²) in [5.74, 6) is -0.126. The van der Waals surface area contributed by atoms with Gasteiger partial charge in [0.1, 0.15) is 5.75 Å². The van der Waals surface area contributed by atoms with Crippen molar-refractivity contribution in [1.29, 1.82) is 0 Å². The minimum Gasteiger partial charge on any atom is -0.506 e. The van der Waals surface area contributed by atoms with Crippen molar-refractivity contribution in [2.24, 2.45) is 0 Å². The molecule has 0 spiro atoms. The molecule has 0 aliphatic heterocycles. The summed E-state index contributed by atoms with van der Waals surface area (Å²) in [6.45, 7) is -2.19. The first-order valence-corrected chi connectivity index (χ1v) is 2.14. The van der Waals surface area contributed by atoms with Crippen LogP contribution in [0.2, 0.25) is 0 Å². The third-order valence-electron chi connectivity index (χ3n) is 0.724. The zero-order valence-electron chi connectivity index (χ0n) is 7.13. The summed E-state index contributed by atoms with van der Waals surface area (Å²) >= 11 is 0. The van der Waals surface area contributed by atoms with E-state index in [9.17, 15) is 0 Å². The highest BCUT2D eigenvalue weighted by Gasteiger charge is 1.84. The number of hydrogen-bond acceptors (Lipinski definition) is 2. The van der Waals surface area contributed by atoms with Gasteiger partial charge >= 0.3 is 0 Å². The summed E-state index contributed by atoms with van der Waals surface area (Å²) in [4.78, 5) is 3.54. The first kappa shape index (κ1) is 2.49. The Hall–Kier alpha value is -1.05. The van der Waals surface area contributed by atoms with Crippen molar-refractivity contribution in [3.8, 4) is 5.75 Å². The first-order chi connectivity index (χ1) is 5.00. The van der Waals surface area contributed by atoms with Crippen LogP contribution in [0.1, 0.15) is 9.68 Å². The molecule has 0 saturated heterocycles. The van der Waals surface area contributed by atoms with Crippen LogP contribution in [0.4, 0.5) is 0 Å². The van der Waals surface area contributed by atoms with Crippen molar-refractivity contribution in [3.63, 3.8) is 0 Å². The molecule has 0 atom stereocenters. The topological polar surface area (TPSA) is 33.1 Å². The van der Waals surface area contributed by atoms with Crippen molar-refractivity contribution in [2.75, 3.05) is 0 Å². The third kappa shape index (κ3) is 0.964. The number of aryl methyl sites for hydroxylation is 1. The molecule has 0 amide bonds. The molecular weight excluding hydrogens is 102 g/mol. The highest BCUT2D eigenvalue weighted by Crippen LogP contribution is 2.05. The normalized spacial score (nSPS) is 16.2. The van der Waals surface area contributed by atoms with E-state index in [2.05, 4.69) is 4.98 Å². The van der Waals surface area contributed by atoms with E-state index in [1.807, 2.05) is 0 Å². The predicted octanol–water partition coefficient (Wildman–Crippen LogP) is 1.10. The van der Waals surface area contributed by atoms with Gasteiger partial charge in [-0.1, -0.05) is 0 Å². The van der Waals surface area contributed by atoms with Crippen LogP contribution in [0.5, 0.6) is 5.75 Å². The van der Waals surface area contributed by atoms with Gasteiger partial charge in [-0.15, -0.1) is 0 Å². The second-order valence-electron chi connectivity index (χ2n) is 1.43. The largest absolute Gasteiger partial charge is 0.506 e. The zero-order valence-corrected chi connectivity index (χ0v) is 4.13. The highest BCUT2D eigenvalue weighted by molar-refractivity contribution is 5.20. The Morgan fingerprint density at radius 2 is 2.62 bits per heavy atom. The fourth-order valence-electron chi connectivity index (χ4n) is 0.428. The van der Waals surface area contributed by atoms with E-state index in [1.54, 1.807) is 0 Å². The molecule has 1 rings (SSSR count). The van der Waals surface area contributed by atoms with E-state index in [0.29, 0.717) is 0 Å². The summed E-state index contributed by atoms with van der Waals surface area (Å²) in [6.07, 6.45) is 2.40. The molecule has 2 heteroatoms. The number of aromatic hydroxyl groups is 1. The first-order valence-electron chi connectivity index (χ1n) is 3.64. The lowest BCUT2D eigenvalue weighted by Gasteiger charge is -1.89. The van der Waals surface area contributed by atoms with Gasteiger partial charge in [-0.3, -0.25) is 4.98 Å². The average molecular weight is 112 g/mol. The fourth-order valence-corrected chi connectivity index (χ4v) is 0.428. The molecule has 1 heterocycles. The number of nitrogens with zero attached hydrogens (tertiary/aromatic N) is 1. The van der Waals surface area contributed by atoms with E-state index in [4.69, 9.17) is 9.22 Å². The molecule has 8 heavy (non-hydrogen) atoms. The molecule has 0 fully saturated rings. The molecule has 0 aromatic carbocycles. The quantitative estimate of drug-likeness (QED) is 0.545. The van der Waals surface area contributed by atoms with Crippen LogP contribution >= 0.6 is 0 Å². The van der Waals surface area contributed by atoms with E-state index >= 15 is 0 Å². The monoisotopic (exact) mass is 112 g/mol. The molecule has 1 N–H and O–H groups in total. The van der Waals surface area contributed by atoms with Crippen molar-refractivity contribution < 1.29 is 9.22 Å². The number of aromatic nitrogens is 1. The Kier molecular flexibility index (Phi) is 0.565. The minimum atomic E-state index is -2.19. The summed E-state index contributed by atoms with van der Waals surface area (Å²) < 4.78 is 20.9. The Labute approximate surface area is 52.0 Å². The number of hydrogen-bond donors (Lipinski definition) is 1. The maximum absolute atomic E-state index is 8.86. The van der Waals surface area contributed by atoms with Gasteiger partial charge in [0.15, 0.2) is 0 Å². The predicted molar refractivity (Wildman–Crippen MR) is 30.6 cm³/mol. The summed E-state index contributed by atoms with van der Waals surface area (Å²) in [6, 6.07) is 1.18. The Morgan fingerprint density at radius 3 is 3.12 bits per heavy atom.